The predicted octanol–water partition coefficient (Wildman–Crippen LogP) is 1.65. The Morgan fingerprint density at radius 3 is 2.70 bits per heavy atom. The maximum Gasteiger partial charge on any atom is 0.352 e. The Kier molecular flexibility index (Phi) is 5.60. The SMILES string of the molecule is CC[C@@]1(O)C(=O)OCc2c1cc1n(c2=O)Cc2cc3c(C=C(NC(C)=O)C(=O)O)c(OC)ccc3nc2-1. The van der Waals surface area contributed by atoms with Crippen LogP contribution >= 0.6 is 0 Å². The Morgan fingerprint density at radius 1 is 1.30 bits per heavy atom. The molecule has 190 valence electrons. The topological polar surface area (TPSA) is 157 Å². The zero-order valence-corrected chi connectivity index (χ0v) is 20.2. The van der Waals surface area contributed by atoms with Crippen LogP contribution in [0.2, 0.25) is 0 Å². The number of carbonyl (C=O) groups excluding carboxylic acids is 2. The number of nitrogens with zero attached hydrogens (tertiary/aromatic N) is 2. The Morgan fingerprint density at radius 2 is 2.05 bits per heavy atom. The van der Waals surface area contributed by atoms with Gasteiger partial charge in [0, 0.05) is 29.0 Å². The van der Waals surface area contributed by atoms with E-state index >= 15 is 0 Å². The number of benzene rings is 1. The number of carboxylic acid groups (broad SMARTS) is 1. The standard InChI is InChI=1S/C26H23N3O8/c1-4-26(35)17-9-20-22-13(10-29(20)23(31)16(17)11-37-25(26)34)7-14-15(8-19(24(32)33)27-12(2)30)21(36-3)6-5-18(14)28-22/h5-9,35H,4,10-11H2,1-3H3,(H,27,30)(H,32,33)/t26-/m0/s1. The number of aromatic nitrogens is 2. The molecule has 0 saturated carbocycles. The molecule has 0 fully saturated rings. The fourth-order valence-corrected chi connectivity index (χ4v) is 4.87. The number of hydrogen-bond acceptors (Lipinski definition) is 8. The molecule has 2 aliphatic rings. The summed E-state index contributed by atoms with van der Waals surface area (Å²) < 4.78 is 12.1. The first-order valence-corrected chi connectivity index (χ1v) is 11.5. The van der Waals surface area contributed by atoms with E-state index in [1.807, 2.05) is 0 Å². The number of carboxylic acids is 1. The molecule has 1 amide bonds. The minimum absolute atomic E-state index is 0.0371. The van der Waals surface area contributed by atoms with Crippen LogP contribution in [0.1, 0.15) is 42.5 Å². The second-order valence-electron chi connectivity index (χ2n) is 8.89. The van der Waals surface area contributed by atoms with E-state index in [0.29, 0.717) is 39.2 Å². The Balaban J connectivity index is 1.74. The maximum atomic E-state index is 13.4. The third-order valence-corrected chi connectivity index (χ3v) is 6.74. The van der Waals surface area contributed by atoms with Crippen LogP contribution in [0, 0.1) is 0 Å². The van der Waals surface area contributed by atoms with E-state index in [4.69, 9.17) is 14.5 Å². The molecular weight excluding hydrogens is 482 g/mol. The van der Waals surface area contributed by atoms with Gasteiger partial charge in [0.1, 0.15) is 18.1 Å². The van der Waals surface area contributed by atoms with Crippen LogP contribution < -0.4 is 15.6 Å². The van der Waals surface area contributed by atoms with E-state index in [0.717, 1.165) is 0 Å². The molecule has 11 heteroatoms. The first-order valence-electron chi connectivity index (χ1n) is 11.5. The van der Waals surface area contributed by atoms with Crippen molar-refractivity contribution in [2.24, 2.45) is 0 Å². The number of hydrogen-bond donors (Lipinski definition) is 3. The molecule has 0 spiro atoms. The quantitative estimate of drug-likeness (QED) is 0.271. The molecule has 0 radical (unpaired) electrons. The molecule has 11 nitrogen and oxygen atoms in total. The van der Waals surface area contributed by atoms with Crippen LogP contribution in [-0.4, -0.2) is 44.7 Å². The lowest BCUT2D eigenvalue weighted by Gasteiger charge is -2.31. The van der Waals surface area contributed by atoms with Crippen molar-refractivity contribution < 1.29 is 34.1 Å². The molecule has 0 bridgehead atoms. The van der Waals surface area contributed by atoms with Crippen LogP contribution in [-0.2, 0) is 37.9 Å². The summed E-state index contributed by atoms with van der Waals surface area (Å²) in [4.78, 5) is 53.8. The number of fused-ring (bicyclic) bond motifs is 5. The van der Waals surface area contributed by atoms with Gasteiger partial charge < -0.3 is 29.6 Å². The van der Waals surface area contributed by atoms with Gasteiger partial charge in [0.25, 0.3) is 5.56 Å². The lowest BCUT2D eigenvalue weighted by Crippen LogP contribution is -2.44. The number of aliphatic carboxylic acids is 1. The molecule has 2 aromatic heterocycles. The van der Waals surface area contributed by atoms with E-state index in [9.17, 15) is 29.4 Å². The normalized spacial score (nSPS) is 18.1. The molecule has 3 N–H and O–H groups in total. The minimum Gasteiger partial charge on any atom is -0.496 e. The first kappa shape index (κ1) is 24.2. The van der Waals surface area contributed by atoms with Crippen molar-refractivity contribution in [3.8, 4) is 17.1 Å². The number of carbonyl (C=O) groups is 3. The van der Waals surface area contributed by atoms with Gasteiger partial charge in [-0.05, 0) is 36.8 Å². The fraction of sp³-hybridized carbons (Fsp3) is 0.269. The molecule has 1 aromatic carbocycles. The number of cyclic esters (lactones) is 1. The molecule has 0 unspecified atom stereocenters. The smallest absolute Gasteiger partial charge is 0.352 e. The van der Waals surface area contributed by atoms with Gasteiger partial charge in [-0.25, -0.2) is 14.6 Å². The van der Waals surface area contributed by atoms with Crippen LogP contribution in [0.3, 0.4) is 0 Å². The second kappa shape index (κ2) is 8.56. The highest BCUT2D eigenvalue weighted by Crippen LogP contribution is 2.40. The van der Waals surface area contributed by atoms with Crippen molar-refractivity contribution in [3.05, 3.63) is 62.6 Å². The van der Waals surface area contributed by atoms with Crippen LogP contribution in [0.5, 0.6) is 5.75 Å². The Labute approximate surface area is 210 Å². The van der Waals surface area contributed by atoms with Gasteiger partial charge >= 0.3 is 11.9 Å². The van der Waals surface area contributed by atoms with E-state index in [-0.39, 0.29) is 42.0 Å². The number of pyridine rings is 2. The third-order valence-electron chi connectivity index (χ3n) is 6.74. The fourth-order valence-electron chi connectivity index (χ4n) is 4.87. The van der Waals surface area contributed by atoms with Crippen molar-refractivity contribution in [3.63, 3.8) is 0 Å². The Hall–Kier alpha value is -4.51. The van der Waals surface area contributed by atoms with Crippen molar-refractivity contribution in [1.82, 2.24) is 14.9 Å². The van der Waals surface area contributed by atoms with Gasteiger partial charge in [-0.15, -0.1) is 0 Å². The molecule has 0 aliphatic carbocycles. The number of methoxy groups -OCH3 is 1. The average molecular weight is 505 g/mol. The first-order chi connectivity index (χ1) is 17.6. The highest BCUT2D eigenvalue weighted by Gasteiger charge is 2.45. The summed E-state index contributed by atoms with van der Waals surface area (Å²) in [7, 11) is 1.44. The number of aliphatic hydroxyl groups is 1. The summed E-state index contributed by atoms with van der Waals surface area (Å²) in [6.07, 6.45) is 1.34. The van der Waals surface area contributed by atoms with Gasteiger partial charge in [0.05, 0.1) is 36.1 Å². The van der Waals surface area contributed by atoms with E-state index in [1.165, 1.54) is 24.7 Å². The number of esters is 1. The van der Waals surface area contributed by atoms with E-state index in [2.05, 4.69) is 5.32 Å². The highest BCUT2D eigenvalue weighted by atomic mass is 16.6. The van der Waals surface area contributed by atoms with Crippen molar-refractivity contribution >= 4 is 34.8 Å². The summed E-state index contributed by atoms with van der Waals surface area (Å²) >= 11 is 0. The Bertz CT molecular complexity index is 1620. The van der Waals surface area contributed by atoms with Gasteiger partial charge in [-0.2, -0.15) is 0 Å². The maximum absolute atomic E-state index is 13.4. The minimum atomic E-state index is -1.93. The number of amides is 1. The summed E-state index contributed by atoms with van der Waals surface area (Å²) in [5.74, 6) is -2.30. The van der Waals surface area contributed by atoms with Crippen molar-refractivity contribution in [1.29, 1.82) is 0 Å². The van der Waals surface area contributed by atoms with Crippen molar-refractivity contribution in [2.45, 2.75) is 39.0 Å². The molecule has 0 saturated heterocycles. The van der Waals surface area contributed by atoms with Gasteiger partial charge in [-0.1, -0.05) is 6.92 Å². The number of rotatable bonds is 5. The monoisotopic (exact) mass is 505 g/mol. The van der Waals surface area contributed by atoms with Crippen LogP contribution in [0.15, 0.2) is 34.8 Å². The molecule has 4 heterocycles. The lowest BCUT2D eigenvalue weighted by atomic mass is 9.86. The molecule has 1 atom stereocenters. The lowest BCUT2D eigenvalue weighted by molar-refractivity contribution is -0.172. The van der Waals surface area contributed by atoms with Crippen molar-refractivity contribution in [2.75, 3.05) is 7.11 Å². The van der Waals surface area contributed by atoms with Crippen LogP contribution in [0.25, 0.3) is 28.4 Å². The summed E-state index contributed by atoms with van der Waals surface area (Å²) in [6.45, 7) is 2.79. The predicted molar refractivity (Wildman–Crippen MR) is 131 cm³/mol. The highest BCUT2D eigenvalue weighted by molar-refractivity contribution is 6.01. The van der Waals surface area contributed by atoms with E-state index in [1.54, 1.807) is 31.2 Å². The zero-order valence-electron chi connectivity index (χ0n) is 20.2. The summed E-state index contributed by atoms with van der Waals surface area (Å²) in [5, 5.41) is 23.5. The third kappa shape index (κ3) is 3.66. The summed E-state index contributed by atoms with van der Waals surface area (Å²) in [5.41, 5.74) is 0.312. The van der Waals surface area contributed by atoms with Gasteiger partial charge in [-0.3, -0.25) is 9.59 Å². The molecule has 3 aromatic rings. The van der Waals surface area contributed by atoms with Crippen LogP contribution in [0.4, 0.5) is 0 Å². The number of nitrogens with one attached hydrogen (secondary N) is 1. The molecule has 37 heavy (non-hydrogen) atoms. The van der Waals surface area contributed by atoms with Gasteiger partial charge in [0.2, 0.25) is 5.91 Å². The molecule has 5 rings (SSSR count). The van der Waals surface area contributed by atoms with E-state index < -0.39 is 23.4 Å². The summed E-state index contributed by atoms with van der Waals surface area (Å²) in [6, 6.07) is 6.73. The zero-order chi connectivity index (χ0) is 26.6. The second-order valence-corrected chi connectivity index (χ2v) is 8.89. The number of ether oxygens (including phenoxy) is 2. The molecular formula is C26H23N3O8. The largest absolute Gasteiger partial charge is 0.496 e. The average Bonchev–Trinajstić information content (AvgIpc) is 3.22. The van der Waals surface area contributed by atoms with Gasteiger partial charge in [0.15, 0.2) is 5.60 Å². The molecule has 2 aliphatic heterocycles.